The normalized spacial score (nSPS) is 14.9. The summed E-state index contributed by atoms with van der Waals surface area (Å²) >= 11 is 0. The van der Waals surface area contributed by atoms with Gasteiger partial charge in [-0.25, -0.2) is 4.98 Å². The van der Waals surface area contributed by atoms with Gasteiger partial charge in [0, 0.05) is 44.1 Å². The molecule has 1 aliphatic heterocycles. The molecule has 2 amide bonds. The number of benzene rings is 2. The molecule has 2 aromatic carbocycles. The summed E-state index contributed by atoms with van der Waals surface area (Å²) in [6.45, 7) is 1.28. The van der Waals surface area contributed by atoms with Crippen LogP contribution in [0.3, 0.4) is 0 Å². The third-order valence-corrected chi connectivity index (χ3v) is 6.48. The van der Waals surface area contributed by atoms with E-state index in [0.29, 0.717) is 49.5 Å². The lowest BCUT2D eigenvalue weighted by Crippen LogP contribution is -2.42. The van der Waals surface area contributed by atoms with Crippen molar-refractivity contribution in [3.8, 4) is 0 Å². The first-order valence-electron chi connectivity index (χ1n) is 12.2. The van der Waals surface area contributed by atoms with E-state index in [0.717, 1.165) is 16.7 Å². The lowest BCUT2D eigenvalue weighted by molar-refractivity contribution is -0.141. The molecule has 4 N–H and O–H groups in total. The van der Waals surface area contributed by atoms with Crippen molar-refractivity contribution in [2.75, 3.05) is 31.2 Å². The van der Waals surface area contributed by atoms with E-state index in [1.807, 2.05) is 42.5 Å². The molecule has 1 atom stereocenters. The Bertz CT molecular complexity index is 1280. The molecule has 0 saturated carbocycles. The standard InChI is InChI=1S/C28H31N5O4/c1-32(13-10-20-9-12-30-25(29)15-20)27(36)21-7-8-22-18-33(14-11-19-5-3-2-4-6-19)28(37)24(17-26(34)35)31-23(22)16-21/h2-9,12,15-16,24,31H,10-11,13-14,17-18H2,1H3,(H2,29,30)(H,34,35)/t24-/m1/s1. The van der Waals surface area contributed by atoms with E-state index in [9.17, 15) is 19.5 Å². The van der Waals surface area contributed by atoms with Crippen LogP contribution in [-0.2, 0) is 29.0 Å². The lowest BCUT2D eigenvalue weighted by atomic mass is 10.1. The minimum Gasteiger partial charge on any atom is -0.481 e. The highest BCUT2D eigenvalue weighted by Gasteiger charge is 2.31. The van der Waals surface area contributed by atoms with Crippen LogP contribution in [0.25, 0.3) is 0 Å². The molecular formula is C28H31N5O4. The summed E-state index contributed by atoms with van der Waals surface area (Å²) in [5, 5.41) is 12.5. The van der Waals surface area contributed by atoms with Crippen molar-refractivity contribution in [3.63, 3.8) is 0 Å². The van der Waals surface area contributed by atoms with Crippen molar-refractivity contribution in [2.45, 2.75) is 31.8 Å². The van der Waals surface area contributed by atoms with Crippen LogP contribution in [0.4, 0.5) is 11.5 Å². The summed E-state index contributed by atoms with van der Waals surface area (Å²) in [6, 6.07) is 17.9. The second-order valence-electron chi connectivity index (χ2n) is 9.23. The maximum Gasteiger partial charge on any atom is 0.305 e. The van der Waals surface area contributed by atoms with Crippen LogP contribution < -0.4 is 11.1 Å². The summed E-state index contributed by atoms with van der Waals surface area (Å²) < 4.78 is 0. The fourth-order valence-corrected chi connectivity index (χ4v) is 4.41. The Kier molecular flexibility index (Phi) is 8.02. The number of carbonyl (C=O) groups is 3. The minimum absolute atomic E-state index is 0.169. The molecule has 37 heavy (non-hydrogen) atoms. The van der Waals surface area contributed by atoms with Crippen LogP contribution in [0.5, 0.6) is 0 Å². The zero-order valence-corrected chi connectivity index (χ0v) is 20.8. The Hall–Kier alpha value is -4.40. The molecule has 4 rings (SSSR count). The summed E-state index contributed by atoms with van der Waals surface area (Å²) in [6.07, 6.45) is 2.58. The van der Waals surface area contributed by atoms with Crippen LogP contribution in [-0.4, -0.2) is 63.9 Å². The van der Waals surface area contributed by atoms with Gasteiger partial charge in [-0.15, -0.1) is 0 Å². The van der Waals surface area contributed by atoms with Crippen LogP contribution >= 0.6 is 0 Å². The van der Waals surface area contributed by atoms with Crippen LogP contribution in [0.15, 0.2) is 66.9 Å². The number of carbonyl (C=O) groups excluding carboxylic acids is 2. The molecule has 0 saturated heterocycles. The van der Waals surface area contributed by atoms with E-state index in [2.05, 4.69) is 10.3 Å². The van der Waals surface area contributed by atoms with Gasteiger partial charge in [-0.05, 0) is 53.8 Å². The fraction of sp³-hybridized carbons (Fsp3) is 0.286. The van der Waals surface area contributed by atoms with E-state index in [1.54, 1.807) is 41.2 Å². The first kappa shape index (κ1) is 25.7. The molecule has 1 aromatic heterocycles. The Morgan fingerprint density at radius 1 is 1.11 bits per heavy atom. The molecule has 0 spiro atoms. The summed E-state index contributed by atoms with van der Waals surface area (Å²) in [7, 11) is 1.73. The second kappa shape index (κ2) is 11.6. The Morgan fingerprint density at radius 3 is 2.62 bits per heavy atom. The number of likely N-dealkylation sites (N-methyl/N-ethyl adjacent to an activating group) is 1. The Balaban J connectivity index is 1.50. The molecule has 2 heterocycles. The van der Waals surface area contributed by atoms with Gasteiger partial charge in [0.15, 0.2) is 0 Å². The number of pyridine rings is 1. The van der Waals surface area contributed by atoms with Crippen LogP contribution in [0.2, 0.25) is 0 Å². The molecule has 9 heteroatoms. The maximum atomic E-state index is 13.3. The van der Waals surface area contributed by atoms with E-state index >= 15 is 0 Å². The predicted octanol–water partition coefficient (Wildman–Crippen LogP) is 2.82. The molecular weight excluding hydrogens is 470 g/mol. The third kappa shape index (κ3) is 6.63. The lowest BCUT2D eigenvalue weighted by Gasteiger charge is -2.24. The number of amides is 2. The van der Waals surface area contributed by atoms with Crippen molar-refractivity contribution in [3.05, 3.63) is 89.1 Å². The number of nitrogens with zero attached hydrogens (tertiary/aromatic N) is 3. The maximum absolute atomic E-state index is 13.3. The van der Waals surface area contributed by atoms with Crippen LogP contribution in [0, 0.1) is 0 Å². The minimum atomic E-state index is -1.07. The van der Waals surface area contributed by atoms with E-state index < -0.39 is 12.0 Å². The van der Waals surface area contributed by atoms with Gasteiger partial charge in [-0.2, -0.15) is 0 Å². The molecule has 1 aliphatic rings. The number of carboxylic acid groups (broad SMARTS) is 1. The smallest absolute Gasteiger partial charge is 0.305 e. The van der Waals surface area contributed by atoms with Crippen molar-refractivity contribution < 1.29 is 19.5 Å². The SMILES string of the molecule is CN(CCc1ccnc(N)c1)C(=O)c1ccc2c(c1)N[C@H](CC(=O)O)C(=O)N(CCc1ccccc1)C2. The van der Waals surface area contributed by atoms with Gasteiger partial charge in [0.25, 0.3) is 5.91 Å². The van der Waals surface area contributed by atoms with Crippen LogP contribution in [0.1, 0.15) is 33.5 Å². The molecule has 9 nitrogen and oxygen atoms in total. The number of aliphatic carboxylic acids is 1. The number of anilines is 2. The fourth-order valence-electron chi connectivity index (χ4n) is 4.41. The average molecular weight is 502 g/mol. The second-order valence-corrected chi connectivity index (χ2v) is 9.23. The first-order chi connectivity index (χ1) is 17.8. The van der Waals surface area contributed by atoms with E-state index in [1.165, 1.54) is 0 Å². The van der Waals surface area contributed by atoms with Gasteiger partial charge < -0.3 is 26.0 Å². The van der Waals surface area contributed by atoms with Crippen molar-refractivity contribution in [1.82, 2.24) is 14.8 Å². The van der Waals surface area contributed by atoms with Crippen molar-refractivity contribution in [2.24, 2.45) is 0 Å². The highest BCUT2D eigenvalue weighted by molar-refractivity contribution is 5.96. The van der Waals surface area contributed by atoms with Gasteiger partial charge in [-0.3, -0.25) is 14.4 Å². The average Bonchev–Trinajstić information content (AvgIpc) is 3.01. The summed E-state index contributed by atoms with van der Waals surface area (Å²) in [5.74, 6) is -1.07. The molecule has 0 radical (unpaired) electrons. The monoisotopic (exact) mass is 501 g/mol. The molecule has 192 valence electrons. The number of nitrogen functional groups attached to an aromatic ring is 1. The largest absolute Gasteiger partial charge is 0.481 e. The third-order valence-electron chi connectivity index (χ3n) is 6.48. The molecule has 0 unspecified atom stereocenters. The Labute approximate surface area is 215 Å². The number of rotatable bonds is 9. The number of nitrogens with one attached hydrogen (secondary N) is 1. The van der Waals surface area contributed by atoms with Gasteiger partial charge in [-0.1, -0.05) is 36.4 Å². The molecule has 0 fully saturated rings. The zero-order chi connectivity index (χ0) is 26.4. The number of hydrogen-bond donors (Lipinski definition) is 3. The quantitative estimate of drug-likeness (QED) is 0.411. The number of aromatic nitrogens is 1. The summed E-state index contributed by atoms with van der Waals surface area (Å²) in [4.78, 5) is 45.2. The predicted molar refractivity (Wildman–Crippen MR) is 141 cm³/mol. The number of carboxylic acids is 1. The number of fused-ring (bicyclic) bond motifs is 1. The molecule has 3 aromatic rings. The summed E-state index contributed by atoms with van der Waals surface area (Å²) in [5.41, 5.74) is 9.72. The molecule has 0 bridgehead atoms. The van der Waals surface area contributed by atoms with Gasteiger partial charge in [0.2, 0.25) is 5.91 Å². The zero-order valence-electron chi connectivity index (χ0n) is 20.8. The molecule has 0 aliphatic carbocycles. The van der Waals surface area contributed by atoms with E-state index in [-0.39, 0.29) is 18.2 Å². The number of hydrogen-bond acceptors (Lipinski definition) is 6. The highest BCUT2D eigenvalue weighted by Crippen LogP contribution is 2.26. The van der Waals surface area contributed by atoms with Crippen molar-refractivity contribution in [1.29, 1.82) is 0 Å². The Morgan fingerprint density at radius 2 is 1.89 bits per heavy atom. The van der Waals surface area contributed by atoms with Crippen molar-refractivity contribution >= 4 is 29.3 Å². The first-order valence-corrected chi connectivity index (χ1v) is 12.2. The van der Waals surface area contributed by atoms with Gasteiger partial charge >= 0.3 is 5.97 Å². The van der Waals surface area contributed by atoms with E-state index in [4.69, 9.17) is 5.73 Å². The highest BCUT2D eigenvalue weighted by atomic mass is 16.4. The van der Waals surface area contributed by atoms with Gasteiger partial charge in [0.1, 0.15) is 11.9 Å². The topological polar surface area (TPSA) is 129 Å². The number of nitrogens with two attached hydrogens (primary N) is 1. The van der Waals surface area contributed by atoms with Gasteiger partial charge in [0.05, 0.1) is 6.42 Å².